The Bertz CT molecular complexity index is 1290. The molecular formula is C20H17ClN6O2S. The molecule has 0 spiro atoms. The van der Waals surface area contributed by atoms with Crippen LogP contribution in [0.15, 0.2) is 71.6 Å². The Hall–Kier alpha value is -3.27. The van der Waals surface area contributed by atoms with Crippen molar-refractivity contribution in [3.63, 3.8) is 0 Å². The quantitative estimate of drug-likeness (QED) is 0.490. The first-order valence-electron chi connectivity index (χ1n) is 8.87. The molecule has 0 aliphatic heterocycles. The number of rotatable bonds is 5. The lowest BCUT2D eigenvalue weighted by molar-refractivity contribution is 0.598. The number of nitrogens with zero attached hydrogens (tertiary/aromatic N) is 4. The van der Waals surface area contributed by atoms with Crippen LogP contribution in [0.5, 0.6) is 0 Å². The molecule has 10 heteroatoms. The Morgan fingerprint density at radius 3 is 2.23 bits per heavy atom. The third-order valence-electron chi connectivity index (χ3n) is 4.54. The van der Waals surface area contributed by atoms with Gasteiger partial charge in [-0.3, -0.25) is 0 Å². The Balaban J connectivity index is 1.80. The smallest absolute Gasteiger partial charge is 0.238 e. The second kappa shape index (κ2) is 7.86. The summed E-state index contributed by atoms with van der Waals surface area (Å²) < 4.78 is 24.5. The molecule has 4 aromatic rings. The molecule has 4 rings (SSSR count). The van der Waals surface area contributed by atoms with Crippen molar-refractivity contribution in [2.75, 3.05) is 5.73 Å². The predicted molar refractivity (Wildman–Crippen MR) is 115 cm³/mol. The molecule has 2 aromatic carbocycles. The van der Waals surface area contributed by atoms with Crippen LogP contribution in [0.25, 0.3) is 17.1 Å². The van der Waals surface area contributed by atoms with Gasteiger partial charge in [0.05, 0.1) is 10.6 Å². The van der Waals surface area contributed by atoms with Gasteiger partial charge in [0, 0.05) is 17.5 Å². The van der Waals surface area contributed by atoms with Crippen LogP contribution in [0.1, 0.15) is 11.1 Å². The number of primary sulfonamides is 1. The van der Waals surface area contributed by atoms with Gasteiger partial charge in [0.2, 0.25) is 10.0 Å². The van der Waals surface area contributed by atoms with Crippen molar-refractivity contribution in [3.05, 3.63) is 83.0 Å². The molecule has 2 aromatic heterocycles. The van der Waals surface area contributed by atoms with Crippen LogP contribution in [0.2, 0.25) is 5.15 Å². The van der Waals surface area contributed by atoms with E-state index >= 15 is 0 Å². The summed E-state index contributed by atoms with van der Waals surface area (Å²) >= 11 is 5.84. The van der Waals surface area contributed by atoms with Gasteiger partial charge in [0.1, 0.15) is 5.82 Å². The van der Waals surface area contributed by atoms with Crippen LogP contribution in [-0.4, -0.2) is 28.4 Å². The molecule has 0 aliphatic rings. The Morgan fingerprint density at radius 2 is 1.63 bits per heavy atom. The number of nitrogens with two attached hydrogens (primary N) is 2. The van der Waals surface area contributed by atoms with Crippen LogP contribution in [0, 0.1) is 0 Å². The molecule has 0 atom stereocenters. The van der Waals surface area contributed by atoms with E-state index in [0.29, 0.717) is 23.8 Å². The Labute approximate surface area is 178 Å². The maximum Gasteiger partial charge on any atom is 0.238 e. The highest BCUT2D eigenvalue weighted by atomic mass is 35.5. The van der Waals surface area contributed by atoms with Crippen LogP contribution >= 0.6 is 11.6 Å². The molecule has 0 unspecified atom stereocenters. The molecule has 4 N–H and O–H groups in total. The van der Waals surface area contributed by atoms with Crippen molar-refractivity contribution in [1.29, 1.82) is 0 Å². The number of anilines is 1. The fraction of sp³-hybridized carbons (Fsp3) is 0.0500. The van der Waals surface area contributed by atoms with E-state index in [9.17, 15) is 8.42 Å². The topological polar surface area (TPSA) is 130 Å². The van der Waals surface area contributed by atoms with Gasteiger partial charge in [-0.05, 0) is 29.8 Å². The molecule has 0 fully saturated rings. The normalized spacial score (nSPS) is 11.5. The van der Waals surface area contributed by atoms with E-state index in [0.717, 1.165) is 16.7 Å². The average molecular weight is 441 g/mol. The first kappa shape index (κ1) is 20.0. The number of hydrogen-bond acceptors (Lipinski definition) is 6. The van der Waals surface area contributed by atoms with Gasteiger partial charge < -0.3 is 5.73 Å². The first-order valence-corrected chi connectivity index (χ1v) is 10.8. The SMILES string of the molecule is Nc1c(Cc2ccc(S(N)(=O)=O)cc2)c(-c2ccccc2)nn1-c1ccc(Cl)nn1. The summed E-state index contributed by atoms with van der Waals surface area (Å²) in [7, 11) is -3.75. The zero-order valence-corrected chi connectivity index (χ0v) is 17.2. The zero-order valence-electron chi connectivity index (χ0n) is 15.6. The van der Waals surface area contributed by atoms with Crippen molar-refractivity contribution in [1.82, 2.24) is 20.0 Å². The highest BCUT2D eigenvalue weighted by molar-refractivity contribution is 7.89. The van der Waals surface area contributed by atoms with Crippen LogP contribution in [0.4, 0.5) is 5.82 Å². The fourth-order valence-electron chi connectivity index (χ4n) is 3.06. The number of nitrogen functional groups attached to an aromatic ring is 1. The summed E-state index contributed by atoms with van der Waals surface area (Å²) in [6, 6.07) is 19.3. The molecule has 0 amide bonds. The van der Waals surface area contributed by atoms with E-state index in [2.05, 4.69) is 15.3 Å². The number of sulfonamides is 1. The van der Waals surface area contributed by atoms with Crippen molar-refractivity contribution in [2.45, 2.75) is 11.3 Å². The van der Waals surface area contributed by atoms with Gasteiger partial charge >= 0.3 is 0 Å². The number of aromatic nitrogens is 4. The number of hydrogen-bond donors (Lipinski definition) is 2. The summed E-state index contributed by atoms with van der Waals surface area (Å²) in [6.45, 7) is 0. The summed E-state index contributed by atoms with van der Waals surface area (Å²) in [5.74, 6) is 0.839. The fourth-order valence-corrected chi connectivity index (χ4v) is 3.68. The minimum atomic E-state index is -3.75. The van der Waals surface area contributed by atoms with Gasteiger partial charge in [0.25, 0.3) is 0 Å². The highest BCUT2D eigenvalue weighted by Gasteiger charge is 2.19. The average Bonchev–Trinajstić information content (AvgIpc) is 3.05. The number of benzene rings is 2. The van der Waals surface area contributed by atoms with Crippen molar-refractivity contribution in [2.24, 2.45) is 5.14 Å². The van der Waals surface area contributed by atoms with Crippen LogP contribution in [-0.2, 0) is 16.4 Å². The van der Waals surface area contributed by atoms with Gasteiger partial charge in [-0.15, -0.1) is 10.2 Å². The monoisotopic (exact) mass is 440 g/mol. The minimum Gasteiger partial charge on any atom is -0.383 e. The van der Waals surface area contributed by atoms with Crippen molar-refractivity contribution < 1.29 is 8.42 Å². The van der Waals surface area contributed by atoms with E-state index in [4.69, 9.17) is 22.5 Å². The minimum absolute atomic E-state index is 0.0506. The van der Waals surface area contributed by atoms with Crippen LogP contribution in [0.3, 0.4) is 0 Å². The molecular weight excluding hydrogens is 424 g/mol. The maximum absolute atomic E-state index is 11.5. The highest BCUT2D eigenvalue weighted by Crippen LogP contribution is 2.31. The standard InChI is InChI=1S/C20H17ClN6O2S/c21-17-10-11-18(25-24-17)27-20(22)16(19(26-27)14-4-2-1-3-5-14)12-13-6-8-15(9-7-13)30(23,28)29/h1-11H,12,22H2,(H2,23,28,29). The van der Waals surface area contributed by atoms with E-state index in [1.807, 2.05) is 30.3 Å². The largest absolute Gasteiger partial charge is 0.383 e. The van der Waals surface area contributed by atoms with E-state index in [-0.39, 0.29) is 10.0 Å². The van der Waals surface area contributed by atoms with Crippen molar-refractivity contribution in [3.8, 4) is 17.1 Å². The van der Waals surface area contributed by atoms with Crippen LogP contribution < -0.4 is 10.9 Å². The van der Waals surface area contributed by atoms with E-state index < -0.39 is 10.0 Å². The van der Waals surface area contributed by atoms with Gasteiger partial charge in [-0.25, -0.2) is 13.6 Å². The predicted octanol–water partition coefficient (Wildman–Crippen LogP) is 2.80. The lowest BCUT2D eigenvalue weighted by Crippen LogP contribution is -2.12. The molecule has 0 saturated carbocycles. The second-order valence-corrected chi connectivity index (χ2v) is 8.52. The second-order valence-electron chi connectivity index (χ2n) is 6.57. The molecule has 2 heterocycles. The molecule has 152 valence electrons. The molecule has 30 heavy (non-hydrogen) atoms. The van der Waals surface area contributed by atoms with Gasteiger partial charge in [-0.1, -0.05) is 54.1 Å². The Kier molecular flexibility index (Phi) is 5.25. The number of halogens is 1. The zero-order chi connectivity index (χ0) is 21.3. The van der Waals surface area contributed by atoms with Gasteiger partial charge in [-0.2, -0.15) is 9.78 Å². The molecule has 0 bridgehead atoms. The lowest BCUT2D eigenvalue weighted by Gasteiger charge is -2.06. The summed E-state index contributed by atoms with van der Waals surface area (Å²) in [6.07, 6.45) is 0.433. The first-order chi connectivity index (χ1) is 14.3. The molecule has 0 radical (unpaired) electrons. The lowest BCUT2D eigenvalue weighted by atomic mass is 10.0. The van der Waals surface area contributed by atoms with E-state index in [1.165, 1.54) is 16.8 Å². The third kappa shape index (κ3) is 4.04. The van der Waals surface area contributed by atoms with Crippen molar-refractivity contribution >= 4 is 27.4 Å². The summed E-state index contributed by atoms with van der Waals surface area (Å²) in [5.41, 5.74) is 9.66. The van der Waals surface area contributed by atoms with Gasteiger partial charge in [0.15, 0.2) is 11.0 Å². The van der Waals surface area contributed by atoms with E-state index in [1.54, 1.807) is 24.3 Å². The maximum atomic E-state index is 11.5. The Morgan fingerprint density at radius 1 is 0.933 bits per heavy atom. The third-order valence-corrected chi connectivity index (χ3v) is 5.67. The summed E-state index contributed by atoms with van der Waals surface area (Å²) in [4.78, 5) is 0.0506. The summed E-state index contributed by atoms with van der Waals surface area (Å²) in [5, 5.41) is 18.0. The molecule has 0 aliphatic carbocycles. The molecule has 0 saturated heterocycles. The molecule has 8 nitrogen and oxygen atoms in total.